The van der Waals surface area contributed by atoms with Crippen molar-refractivity contribution in [2.75, 3.05) is 13.1 Å². The second kappa shape index (κ2) is 4.84. The van der Waals surface area contributed by atoms with Crippen LogP contribution in [0.1, 0.15) is 18.4 Å². The van der Waals surface area contributed by atoms with Gasteiger partial charge in [-0.25, -0.2) is 4.39 Å². The van der Waals surface area contributed by atoms with Crippen molar-refractivity contribution >= 4 is 5.91 Å². The van der Waals surface area contributed by atoms with Crippen LogP contribution in [0.3, 0.4) is 0 Å². The monoisotopic (exact) mass is 236 g/mol. The maximum atomic E-state index is 12.9. The summed E-state index contributed by atoms with van der Waals surface area (Å²) in [6, 6.07) is 6.11. The smallest absolute Gasteiger partial charge is 0.224 e. The zero-order valence-corrected chi connectivity index (χ0v) is 9.71. The van der Waals surface area contributed by atoms with Gasteiger partial charge in [-0.2, -0.15) is 0 Å². The number of hydrogen-bond acceptors (Lipinski definition) is 2. The molecule has 0 spiro atoms. The van der Waals surface area contributed by atoms with Gasteiger partial charge in [0.1, 0.15) is 5.82 Å². The molecule has 2 rings (SSSR count). The van der Waals surface area contributed by atoms with Crippen LogP contribution in [0.4, 0.5) is 4.39 Å². The lowest BCUT2D eigenvalue weighted by Gasteiger charge is -2.13. The summed E-state index contributed by atoms with van der Waals surface area (Å²) in [4.78, 5) is 11.6. The van der Waals surface area contributed by atoms with Crippen molar-refractivity contribution in [1.29, 1.82) is 0 Å². The van der Waals surface area contributed by atoms with E-state index in [1.54, 1.807) is 12.1 Å². The number of benzene rings is 1. The Hall–Kier alpha value is -1.42. The second-order valence-electron chi connectivity index (χ2n) is 4.79. The highest BCUT2D eigenvalue weighted by Crippen LogP contribution is 2.43. The summed E-state index contributed by atoms with van der Waals surface area (Å²) in [5.74, 6) is -0.383. The Morgan fingerprint density at radius 3 is 2.82 bits per heavy atom. The average molecular weight is 236 g/mol. The third kappa shape index (κ3) is 3.27. The standard InChI is InChI=1S/C13H17FN2O/c14-11-3-1-2-10(6-11)7-12(17)16-9-13(8-15)4-5-13/h1-3,6H,4-5,7-9,15H2,(H,16,17). The lowest BCUT2D eigenvalue weighted by Crippen LogP contribution is -2.34. The summed E-state index contributed by atoms with van der Waals surface area (Å²) < 4.78 is 12.9. The van der Waals surface area contributed by atoms with Crippen molar-refractivity contribution in [1.82, 2.24) is 5.32 Å². The van der Waals surface area contributed by atoms with Gasteiger partial charge in [0.2, 0.25) is 5.91 Å². The molecule has 1 aliphatic rings. The van der Waals surface area contributed by atoms with Crippen molar-refractivity contribution in [3.63, 3.8) is 0 Å². The first-order valence-electron chi connectivity index (χ1n) is 5.85. The third-order valence-corrected chi connectivity index (χ3v) is 3.30. The number of nitrogens with two attached hydrogens (primary N) is 1. The first-order chi connectivity index (χ1) is 8.13. The minimum atomic E-state index is -0.309. The molecular weight excluding hydrogens is 219 g/mol. The van der Waals surface area contributed by atoms with Crippen LogP contribution in [-0.4, -0.2) is 19.0 Å². The lowest BCUT2D eigenvalue weighted by molar-refractivity contribution is -0.120. The number of rotatable bonds is 5. The SMILES string of the molecule is NCC1(CNC(=O)Cc2cccc(F)c2)CC1. The van der Waals surface area contributed by atoms with E-state index in [1.807, 2.05) is 0 Å². The largest absolute Gasteiger partial charge is 0.355 e. The molecule has 0 radical (unpaired) electrons. The fraction of sp³-hybridized carbons (Fsp3) is 0.462. The first kappa shape index (κ1) is 12.0. The van der Waals surface area contributed by atoms with Crippen LogP contribution in [-0.2, 0) is 11.2 Å². The molecule has 3 nitrogen and oxygen atoms in total. The van der Waals surface area contributed by atoms with Crippen LogP contribution >= 0.6 is 0 Å². The zero-order chi connectivity index (χ0) is 12.3. The molecule has 0 bridgehead atoms. The molecule has 17 heavy (non-hydrogen) atoms. The maximum Gasteiger partial charge on any atom is 0.224 e. The van der Waals surface area contributed by atoms with Gasteiger partial charge in [0, 0.05) is 6.54 Å². The molecule has 1 aromatic rings. The van der Waals surface area contributed by atoms with Gasteiger partial charge in [-0.3, -0.25) is 4.79 Å². The molecule has 0 heterocycles. The quantitative estimate of drug-likeness (QED) is 0.807. The molecule has 0 aliphatic heterocycles. The van der Waals surface area contributed by atoms with Gasteiger partial charge < -0.3 is 11.1 Å². The van der Waals surface area contributed by atoms with Crippen LogP contribution in [0.15, 0.2) is 24.3 Å². The molecule has 1 saturated carbocycles. The summed E-state index contributed by atoms with van der Waals surface area (Å²) in [5.41, 5.74) is 6.46. The van der Waals surface area contributed by atoms with Crippen LogP contribution in [0, 0.1) is 11.2 Å². The van der Waals surface area contributed by atoms with Gasteiger partial charge in [-0.05, 0) is 42.5 Å². The van der Waals surface area contributed by atoms with E-state index < -0.39 is 0 Å². The number of amides is 1. The molecule has 0 aromatic heterocycles. The molecule has 92 valence electrons. The minimum Gasteiger partial charge on any atom is -0.355 e. The van der Waals surface area contributed by atoms with E-state index in [0.29, 0.717) is 18.7 Å². The Morgan fingerprint density at radius 2 is 2.24 bits per heavy atom. The normalized spacial score (nSPS) is 16.6. The van der Waals surface area contributed by atoms with Crippen LogP contribution < -0.4 is 11.1 Å². The average Bonchev–Trinajstić information content (AvgIpc) is 3.07. The molecule has 0 saturated heterocycles. The summed E-state index contributed by atoms with van der Waals surface area (Å²) >= 11 is 0. The highest BCUT2D eigenvalue weighted by molar-refractivity contribution is 5.78. The Labute approximate surface area is 100 Å². The van der Waals surface area contributed by atoms with E-state index in [2.05, 4.69) is 5.32 Å². The summed E-state index contributed by atoms with van der Waals surface area (Å²) in [7, 11) is 0. The van der Waals surface area contributed by atoms with Crippen LogP contribution in [0.5, 0.6) is 0 Å². The molecule has 0 unspecified atom stereocenters. The molecule has 1 amide bonds. The molecule has 3 N–H and O–H groups in total. The van der Waals surface area contributed by atoms with Crippen molar-refractivity contribution in [2.24, 2.45) is 11.1 Å². The molecule has 1 aromatic carbocycles. The summed E-state index contributed by atoms with van der Waals surface area (Å²) in [5, 5.41) is 2.86. The lowest BCUT2D eigenvalue weighted by atomic mass is 10.1. The predicted molar refractivity (Wildman–Crippen MR) is 63.8 cm³/mol. The number of hydrogen-bond donors (Lipinski definition) is 2. The number of halogens is 1. The van der Waals surface area contributed by atoms with E-state index in [0.717, 1.165) is 12.8 Å². The Kier molecular flexibility index (Phi) is 3.43. The number of nitrogens with one attached hydrogen (secondary N) is 1. The summed E-state index contributed by atoms with van der Waals surface area (Å²) in [6.07, 6.45) is 2.39. The second-order valence-corrected chi connectivity index (χ2v) is 4.79. The van der Waals surface area contributed by atoms with Crippen LogP contribution in [0.2, 0.25) is 0 Å². The predicted octanol–water partition coefficient (Wildman–Crippen LogP) is 1.22. The van der Waals surface area contributed by atoms with Crippen molar-refractivity contribution in [2.45, 2.75) is 19.3 Å². The van der Waals surface area contributed by atoms with E-state index in [4.69, 9.17) is 5.73 Å². The Bertz CT molecular complexity index is 416. The fourth-order valence-corrected chi connectivity index (χ4v) is 1.81. The van der Waals surface area contributed by atoms with Crippen molar-refractivity contribution in [3.05, 3.63) is 35.6 Å². The number of carbonyl (C=O) groups is 1. The first-order valence-corrected chi connectivity index (χ1v) is 5.85. The maximum absolute atomic E-state index is 12.9. The molecule has 1 fully saturated rings. The molecular formula is C13H17FN2O. The van der Waals surface area contributed by atoms with E-state index in [1.165, 1.54) is 12.1 Å². The highest BCUT2D eigenvalue weighted by atomic mass is 19.1. The van der Waals surface area contributed by atoms with Crippen molar-refractivity contribution in [3.8, 4) is 0 Å². The topological polar surface area (TPSA) is 55.1 Å². The van der Waals surface area contributed by atoms with Gasteiger partial charge in [-0.1, -0.05) is 12.1 Å². The molecule has 1 aliphatic carbocycles. The highest BCUT2D eigenvalue weighted by Gasteiger charge is 2.41. The number of carbonyl (C=O) groups excluding carboxylic acids is 1. The van der Waals surface area contributed by atoms with Crippen molar-refractivity contribution < 1.29 is 9.18 Å². The van der Waals surface area contributed by atoms with Gasteiger partial charge in [-0.15, -0.1) is 0 Å². The Balaban J connectivity index is 1.81. The summed E-state index contributed by atoms with van der Waals surface area (Å²) in [6.45, 7) is 1.25. The molecule has 0 atom stereocenters. The van der Waals surface area contributed by atoms with E-state index in [9.17, 15) is 9.18 Å². The Morgan fingerprint density at radius 1 is 1.47 bits per heavy atom. The fourth-order valence-electron chi connectivity index (χ4n) is 1.81. The van der Waals surface area contributed by atoms with Crippen LogP contribution in [0.25, 0.3) is 0 Å². The van der Waals surface area contributed by atoms with Gasteiger partial charge in [0.15, 0.2) is 0 Å². The van der Waals surface area contributed by atoms with E-state index in [-0.39, 0.29) is 23.6 Å². The van der Waals surface area contributed by atoms with Gasteiger partial charge in [0.25, 0.3) is 0 Å². The van der Waals surface area contributed by atoms with E-state index >= 15 is 0 Å². The third-order valence-electron chi connectivity index (χ3n) is 3.30. The zero-order valence-electron chi connectivity index (χ0n) is 9.71. The minimum absolute atomic E-state index is 0.0738. The van der Waals surface area contributed by atoms with Gasteiger partial charge >= 0.3 is 0 Å². The molecule has 4 heteroatoms. The van der Waals surface area contributed by atoms with Gasteiger partial charge in [0.05, 0.1) is 6.42 Å².